The van der Waals surface area contributed by atoms with Crippen molar-refractivity contribution in [3.8, 4) is 0 Å². The van der Waals surface area contributed by atoms with Gasteiger partial charge < -0.3 is 15.0 Å². The molecule has 0 radical (unpaired) electrons. The molecule has 2 heterocycles. The predicted molar refractivity (Wildman–Crippen MR) is 86.7 cm³/mol. The summed E-state index contributed by atoms with van der Waals surface area (Å²) in [5.41, 5.74) is 0. The van der Waals surface area contributed by atoms with E-state index in [0.717, 1.165) is 36.5 Å². The highest BCUT2D eigenvalue weighted by molar-refractivity contribution is 9.10. The molecule has 1 aliphatic rings. The second-order valence-electron chi connectivity index (χ2n) is 5.00. The molecule has 1 atom stereocenters. The summed E-state index contributed by atoms with van der Waals surface area (Å²) in [4.78, 5) is 6.87. The number of aromatic nitrogens is 1. The van der Waals surface area contributed by atoms with Crippen LogP contribution in [0, 0.1) is 0 Å². The molecule has 1 aromatic heterocycles. The van der Waals surface area contributed by atoms with Crippen LogP contribution in [0.4, 0.5) is 5.82 Å². The third-order valence-corrected chi connectivity index (χ3v) is 4.34. The molecule has 112 valence electrons. The average molecular weight is 363 g/mol. The minimum atomic E-state index is 0.477. The Bertz CT molecular complexity index is 433. The van der Waals surface area contributed by atoms with E-state index in [1.165, 1.54) is 19.3 Å². The van der Waals surface area contributed by atoms with E-state index in [1.54, 1.807) is 13.3 Å². The molecule has 1 N–H and O–H groups in total. The molecule has 4 nitrogen and oxygen atoms in total. The number of hydrogen-bond donors (Lipinski definition) is 1. The maximum atomic E-state index is 5.97. The van der Waals surface area contributed by atoms with Crippen LogP contribution in [0.2, 0.25) is 5.02 Å². The number of ether oxygens (including phenoxy) is 1. The Morgan fingerprint density at radius 3 is 3.15 bits per heavy atom. The number of nitrogens with one attached hydrogen (secondary N) is 1. The maximum absolute atomic E-state index is 5.97. The van der Waals surface area contributed by atoms with E-state index in [1.807, 2.05) is 6.07 Å². The quantitative estimate of drug-likeness (QED) is 0.789. The van der Waals surface area contributed by atoms with Gasteiger partial charge in [0.1, 0.15) is 5.82 Å². The Morgan fingerprint density at radius 2 is 2.40 bits per heavy atom. The molecule has 0 aromatic carbocycles. The summed E-state index contributed by atoms with van der Waals surface area (Å²) in [6.07, 6.45) is 5.39. The van der Waals surface area contributed by atoms with Crippen LogP contribution in [0.15, 0.2) is 16.7 Å². The Labute approximate surface area is 134 Å². The molecule has 6 heteroatoms. The third-order valence-electron chi connectivity index (χ3n) is 3.55. The van der Waals surface area contributed by atoms with E-state index in [-0.39, 0.29) is 0 Å². The van der Waals surface area contributed by atoms with Crippen LogP contribution in [0.5, 0.6) is 0 Å². The minimum Gasteiger partial charge on any atom is -0.383 e. The summed E-state index contributed by atoms with van der Waals surface area (Å²) in [5, 5.41) is 4.11. The molecule has 0 spiro atoms. The molecule has 0 amide bonds. The van der Waals surface area contributed by atoms with Gasteiger partial charge in [-0.3, -0.25) is 0 Å². The molecule has 20 heavy (non-hydrogen) atoms. The van der Waals surface area contributed by atoms with Crippen molar-refractivity contribution in [1.82, 2.24) is 10.3 Å². The first-order valence-corrected chi connectivity index (χ1v) is 8.17. The lowest BCUT2D eigenvalue weighted by Gasteiger charge is -2.37. The van der Waals surface area contributed by atoms with Gasteiger partial charge in [0.15, 0.2) is 0 Å². The number of hydrogen-bond acceptors (Lipinski definition) is 4. The fourth-order valence-electron chi connectivity index (χ4n) is 2.55. The number of methoxy groups -OCH3 is 1. The van der Waals surface area contributed by atoms with Crippen molar-refractivity contribution >= 4 is 33.3 Å². The fourth-order valence-corrected chi connectivity index (χ4v) is 3.42. The summed E-state index contributed by atoms with van der Waals surface area (Å²) in [7, 11) is 1.73. The lowest BCUT2D eigenvalue weighted by Crippen LogP contribution is -2.46. The van der Waals surface area contributed by atoms with E-state index in [0.29, 0.717) is 11.1 Å². The van der Waals surface area contributed by atoms with Gasteiger partial charge in [0.05, 0.1) is 16.1 Å². The van der Waals surface area contributed by atoms with Crippen LogP contribution in [0.25, 0.3) is 0 Å². The highest BCUT2D eigenvalue weighted by Gasteiger charge is 2.24. The van der Waals surface area contributed by atoms with Gasteiger partial charge in [0, 0.05) is 39.0 Å². The van der Waals surface area contributed by atoms with Gasteiger partial charge in [-0.05, 0) is 41.3 Å². The van der Waals surface area contributed by atoms with Crippen LogP contribution < -0.4 is 10.2 Å². The van der Waals surface area contributed by atoms with Gasteiger partial charge in [-0.15, -0.1) is 0 Å². The Hall–Kier alpha value is -0.360. The van der Waals surface area contributed by atoms with Crippen molar-refractivity contribution in [2.24, 2.45) is 0 Å². The Morgan fingerprint density at radius 1 is 1.55 bits per heavy atom. The first kappa shape index (κ1) is 16.0. The molecule has 1 fully saturated rings. The molecule has 0 bridgehead atoms. The Balaban J connectivity index is 2.02. The fraction of sp³-hybridized carbons (Fsp3) is 0.643. The van der Waals surface area contributed by atoms with Crippen molar-refractivity contribution in [3.05, 3.63) is 21.8 Å². The van der Waals surface area contributed by atoms with E-state index < -0.39 is 0 Å². The summed E-state index contributed by atoms with van der Waals surface area (Å²) in [6.45, 7) is 3.63. The Kier molecular flexibility index (Phi) is 6.55. The van der Waals surface area contributed by atoms with Gasteiger partial charge >= 0.3 is 0 Å². The average Bonchev–Trinajstić information content (AvgIpc) is 2.44. The molecular formula is C14H21BrClN3O. The molecule has 1 aromatic rings. The summed E-state index contributed by atoms with van der Waals surface area (Å²) >= 11 is 9.55. The van der Waals surface area contributed by atoms with Crippen molar-refractivity contribution in [2.75, 3.05) is 38.3 Å². The smallest absolute Gasteiger partial charge is 0.143 e. The largest absolute Gasteiger partial charge is 0.383 e. The molecule has 1 aliphatic heterocycles. The van der Waals surface area contributed by atoms with Gasteiger partial charge in [0.2, 0.25) is 0 Å². The number of piperidine rings is 1. The number of halogens is 2. The topological polar surface area (TPSA) is 37.4 Å². The van der Waals surface area contributed by atoms with Crippen molar-refractivity contribution in [1.29, 1.82) is 0 Å². The molecule has 2 rings (SSSR count). The van der Waals surface area contributed by atoms with Gasteiger partial charge in [-0.2, -0.15) is 0 Å². The third kappa shape index (κ3) is 4.32. The van der Waals surface area contributed by atoms with Gasteiger partial charge in [-0.1, -0.05) is 11.6 Å². The predicted octanol–water partition coefficient (Wildman–Crippen LogP) is 3.09. The van der Waals surface area contributed by atoms with E-state index in [4.69, 9.17) is 16.3 Å². The van der Waals surface area contributed by atoms with Crippen LogP contribution in [0.3, 0.4) is 0 Å². The highest BCUT2D eigenvalue weighted by Crippen LogP contribution is 2.30. The SMILES string of the molecule is COCCNCC1CCCCN1c1ncc(Cl)cc1Br. The zero-order valence-electron chi connectivity index (χ0n) is 11.7. The van der Waals surface area contributed by atoms with E-state index in [2.05, 4.69) is 31.1 Å². The van der Waals surface area contributed by atoms with Gasteiger partial charge in [-0.25, -0.2) is 4.98 Å². The van der Waals surface area contributed by atoms with E-state index in [9.17, 15) is 0 Å². The lowest BCUT2D eigenvalue weighted by molar-refractivity contribution is 0.198. The molecule has 1 saturated heterocycles. The van der Waals surface area contributed by atoms with Crippen LogP contribution in [-0.4, -0.2) is 44.4 Å². The number of nitrogens with zero attached hydrogens (tertiary/aromatic N) is 2. The standard InChI is InChI=1S/C14H21BrClN3O/c1-20-7-5-17-10-12-4-2-3-6-19(12)14-13(15)8-11(16)9-18-14/h8-9,12,17H,2-7,10H2,1H3. The second kappa shape index (κ2) is 8.17. The molecule has 0 saturated carbocycles. The van der Waals surface area contributed by atoms with Crippen molar-refractivity contribution in [2.45, 2.75) is 25.3 Å². The first-order valence-electron chi connectivity index (χ1n) is 6.99. The highest BCUT2D eigenvalue weighted by atomic mass is 79.9. The number of anilines is 1. The first-order chi connectivity index (χ1) is 9.72. The van der Waals surface area contributed by atoms with Crippen molar-refractivity contribution in [3.63, 3.8) is 0 Å². The minimum absolute atomic E-state index is 0.477. The normalized spacial score (nSPS) is 19.4. The summed E-state index contributed by atoms with van der Waals surface area (Å²) in [6, 6.07) is 2.39. The molecule has 0 aliphatic carbocycles. The van der Waals surface area contributed by atoms with Crippen molar-refractivity contribution < 1.29 is 4.74 Å². The van der Waals surface area contributed by atoms with Crippen LogP contribution in [-0.2, 0) is 4.74 Å². The van der Waals surface area contributed by atoms with Crippen LogP contribution >= 0.6 is 27.5 Å². The maximum Gasteiger partial charge on any atom is 0.143 e. The zero-order valence-corrected chi connectivity index (χ0v) is 14.1. The molecular weight excluding hydrogens is 342 g/mol. The molecule has 1 unspecified atom stereocenters. The lowest BCUT2D eigenvalue weighted by atomic mass is 10.0. The summed E-state index contributed by atoms with van der Waals surface area (Å²) < 4.78 is 6.03. The number of pyridine rings is 1. The monoisotopic (exact) mass is 361 g/mol. The van der Waals surface area contributed by atoms with Gasteiger partial charge in [0.25, 0.3) is 0 Å². The number of rotatable bonds is 6. The van der Waals surface area contributed by atoms with Crippen LogP contribution in [0.1, 0.15) is 19.3 Å². The summed E-state index contributed by atoms with van der Waals surface area (Å²) in [5.74, 6) is 0.993. The second-order valence-corrected chi connectivity index (χ2v) is 6.29. The zero-order chi connectivity index (χ0) is 14.4. The van der Waals surface area contributed by atoms with E-state index >= 15 is 0 Å².